The van der Waals surface area contributed by atoms with Gasteiger partial charge in [-0.05, 0) is 49.2 Å². The van der Waals surface area contributed by atoms with E-state index in [2.05, 4.69) is 37.1 Å². The van der Waals surface area contributed by atoms with Gasteiger partial charge >= 0.3 is 0 Å². The third-order valence-electron chi connectivity index (χ3n) is 5.24. The zero-order valence-electron chi connectivity index (χ0n) is 17.9. The summed E-state index contributed by atoms with van der Waals surface area (Å²) in [4.78, 5) is 42.8. The molecular formula is C23H24N8O2. The summed E-state index contributed by atoms with van der Waals surface area (Å²) in [6.45, 7) is 4.79. The topological polar surface area (TPSA) is 139 Å². The number of amides is 2. The SMILES string of the molecule is C=CC(=O)N1CCC[C@H](Nc2cnc(C(N)=O)c(Nc3ccc(-c4ncccn4)cc3)n2)C1. The van der Waals surface area contributed by atoms with Crippen LogP contribution in [0, 0.1) is 0 Å². The predicted octanol–water partition coefficient (Wildman–Crippen LogP) is 2.37. The van der Waals surface area contributed by atoms with Crippen LogP contribution in [0.25, 0.3) is 11.4 Å². The van der Waals surface area contributed by atoms with Gasteiger partial charge in [0.15, 0.2) is 17.3 Å². The van der Waals surface area contributed by atoms with Crippen LogP contribution in [0.5, 0.6) is 0 Å². The molecular weight excluding hydrogens is 420 g/mol. The van der Waals surface area contributed by atoms with Gasteiger partial charge in [-0.3, -0.25) is 9.59 Å². The molecule has 4 rings (SSSR count). The number of nitrogens with zero attached hydrogens (tertiary/aromatic N) is 5. The van der Waals surface area contributed by atoms with Crippen molar-refractivity contribution in [2.45, 2.75) is 18.9 Å². The van der Waals surface area contributed by atoms with Crippen LogP contribution in [-0.4, -0.2) is 55.8 Å². The van der Waals surface area contributed by atoms with E-state index in [1.165, 1.54) is 12.3 Å². The number of carbonyl (C=O) groups excluding carboxylic acids is 2. The van der Waals surface area contributed by atoms with Crippen molar-refractivity contribution in [3.8, 4) is 11.4 Å². The summed E-state index contributed by atoms with van der Waals surface area (Å²) in [7, 11) is 0. The lowest BCUT2D eigenvalue weighted by Crippen LogP contribution is -2.44. The van der Waals surface area contributed by atoms with E-state index in [-0.39, 0.29) is 23.5 Å². The van der Waals surface area contributed by atoms with E-state index >= 15 is 0 Å². The van der Waals surface area contributed by atoms with E-state index in [4.69, 9.17) is 5.73 Å². The third kappa shape index (κ3) is 5.29. The molecule has 1 fully saturated rings. The van der Waals surface area contributed by atoms with Crippen LogP contribution in [0.1, 0.15) is 23.3 Å². The average molecular weight is 444 g/mol. The summed E-state index contributed by atoms with van der Waals surface area (Å²) >= 11 is 0. The van der Waals surface area contributed by atoms with E-state index in [9.17, 15) is 9.59 Å². The molecule has 2 aromatic heterocycles. The Bertz CT molecular complexity index is 1150. The van der Waals surface area contributed by atoms with Crippen LogP contribution >= 0.6 is 0 Å². The summed E-state index contributed by atoms with van der Waals surface area (Å²) in [6, 6.07) is 9.16. The first kappa shape index (κ1) is 21.9. The molecule has 10 heteroatoms. The highest BCUT2D eigenvalue weighted by molar-refractivity contribution is 5.96. The van der Waals surface area contributed by atoms with E-state index < -0.39 is 5.91 Å². The van der Waals surface area contributed by atoms with Gasteiger partial charge in [-0.25, -0.2) is 19.9 Å². The minimum absolute atomic E-state index is 0.00869. The van der Waals surface area contributed by atoms with E-state index in [0.29, 0.717) is 30.4 Å². The van der Waals surface area contributed by atoms with Gasteiger partial charge < -0.3 is 21.3 Å². The molecule has 3 heterocycles. The lowest BCUT2D eigenvalue weighted by molar-refractivity contribution is -0.127. The van der Waals surface area contributed by atoms with E-state index in [1.807, 2.05) is 24.3 Å². The summed E-state index contributed by atoms with van der Waals surface area (Å²) in [5.74, 6) is 0.555. The molecule has 1 saturated heterocycles. The molecule has 4 N–H and O–H groups in total. The Morgan fingerprint density at radius 1 is 1.15 bits per heavy atom. The second-order valence-corrected chi connectivity index (χ2v) is 7.56. The number of benzene rings is 1. The van der Waals surface area contributed by atoms with Crippen molar-refractivity contribution in [3.05, 3.63) is 67.3 Å². The zero-order chi connectivity index (χ0) is 23.2. The highest BCUT2D eigenvalue weighted by atomic mass is 16.2. The molecule has 1 aliphatic heterocycles. The Kier molecular flexibility index (Phi) is 6.53. The number of hydrogen-bond acceptors (Lipinski definition) is 8. The molecule has 10 nitrogen and oxygen atoms in total. The number of rotatable bonds is 7. The molecule has 0 radical (unpaired) electrons. The standard InChI is InChI=1S/C23H24N8O2/c1-2-19(32)31-12-3-5-17(14-31)28-18-13-27-20(21(24)33)23(30-18)29-16-8-6-15(7-9-16)22-25-10-4-11-26-22/h2,4,6-11,13,17H,1,3,5,12,14H2,(H2,24,33)(H2,28,29,30)/t17-/m0/s1. The fourth-order valence-electron chi connectivity index (χ4n) is 3.65. The fraction of sp³-hybridized carbons (Fsp3) is 0.217. The van der Waals surface area contributed by atoms with Crippen molar-refractivity contribution >= 4 is 29.1 Å². The number of carbonyl (C=O) groups is 2. The molecule has 1 atom stereocenters. The maximum Gasteiger partial charge on any atom is 0.271 e. The molecule has 33 heavy (non-hydrogen) atoms. The number of aromatic nitrogens is 4. The number of anilines is 3. The number of nitrogens with one attached hydrogen (secondary N) is 2. The minimum atomic E-state index is -0.689. The van der Waals surface area contributed by atoms with Crippen LogP contribution in [-0.2, 0) is 4.79 Å². The Balaban J connectivity index is 1.51. The van der Waals surface area contributed by atoms with Gasteiger partial charge in [0.05, 0.1) is 6.20 Å². The summed E-state index contributed by atoms with van der Waals surface area (Å²) in [5, 5.41) is 6.42. The maximum atomic E-state index is 11.9. The first-order valence-electron chi connectivity index (χ1n) is 10.5. The molecule has 0 bridgehead atoms. The summed E-state index contributed by atoms with van der Waals surface area (Å²) in [6.07, 6.45) is 7.90. The predicted molar refractivity (Wildman–Crippen MR) is 125 cm³/mol. The Morgan fingerprint density at radius 3 is 2.61 bits per heavy atom. The van der Waals surface area contributed by atoms with Crippen LogP contribution in [0.3, 0.4) is 0 Å². The molecule has 0 saturated carbocycles. The first-order chi connectivity index (χ1) is 16.0. The van der Waals surface area contributed by atoms with E-state index in [1.54, 1.807) is 23.4 Å². The summed E-state index contributed by atoms with van der Waals surface area (Å²) in [5.41, 5.74) is 7.08. The molecule has 0 spiro atoms. The maximum absolute atomic E-state index is 11.9. The molecule has 1 aliphatic rings. The van der Waals surface area contributed by atoms with E-state index in [0.717, 1.165) is 18.4 Å². The Labute approximate surface area is 191 Å². The van der Waals surface area contributed by atoms with Crippen LogP contribution < -0.4 is 16.4 Å². The van der Waals surface area contributed by atoms with Gasteiger partial charge in [0.25, 0.3) is 5.91 Å². The van der Waals surface area contributed by atoms with Gasteiger partial charge in [0, 0.05) is 42.8 Å². The molecule has 0 unspecified atom stereocenters. The average Bonchev–Trinajstić information content (AvgIpc) is 2.85. The molecule has 0 aliphatic carbocycles. The van der Waals surface area contributed by atoms with Crippen molar-refractivity contribution < 1.29 is 9.59 Å². The number of likely N-dealkylation sites (tertiary alicyclic amines) is 1. The van der Waals surface area contributed by atoms with Crippen molar-refractivity contribution in [2.75, 3.05) is 23.7 Å². The number of primary amides is 1. The second-order valence-electron chi connectivity index (χ2n) is 7.56. The number of hydrogen-bond donors (Lipinski definition) is 3. The van der Waals surface area contributed by atoms with Crippen LogP contribution in [0.15, 0.2) is 61.6 Å². The number of piperidine rings is 1. The highest BCUT2D eigenvalue weighted by Crippen LogP contribution is 2.23. The number of nitrogens with two attached hydrogens (primary N) is 1. The fourth-order valence-corrected chi connectivity index (χ4v) is 3.65. The van der Waals surface area contributed by atoms with Crippen molar-refractivity contribution in [1.29, 1.82) is 0 Å². The van der Waals surface area contributed by atoms with Crippen LogP contribution in [0.2, 0.25) is 0 Å². The first-order valence-corrected chi connectivity index (χ1v) is 10.5. The largest absolute Gasteiger partial charge is 0.364 e. The highest BCUT2D eigenvalue weighted by Gasteiger charge is 2.23. The lowest BCUT2D eigenvalue weighted by Gasteiger charge is -2.32. The third-order valence-corrected chi connectivity index (χ3v) is 5.24. The molecule has 1 aromatic carbocycles. The van der Waals surface area contributed by atoms with Gasteiger partial charge in [-0.1, -0.05) is 6.58 Å². The lowest BCUT2D eigenvalue weighted by atomic mass is 10.1. The normalized spacial score (nSPS) is 15.5. The minimum Gasteiger partial charge on any atom is -0.364 e. The smallest absolute Gasteiger partial charge is 0.271 e. The molecule has 2 amide bonds. The quantitative estimate of drug-likeness (QED) is 0.472. The van der Waals surface area contributed by atoms with Gasteiger partial charge in [0.1, 0.15) is 5.82 Å². The second kappa shape index (κ2) is 9.86. The Morgan fingerprint density at radius 2 is 1.91 bits per heavy atom. The molecule has 168 valence electrons. The van der Waals surface area contributed by atoms with Crippen molar-refractivity contribution in [1.82, 2.24) is 24.8 Å². The zero-order valence-corrected chi connectivity index (χ0v) is 17.9. The summed E-state index contributed by atoms with van der Waals surface area (Å²) < 4.78 is 0. The Hall–Kier alpha value is -4.34. The van der Waals surface area contributed by atoms with Crippen molar-refractivity contribution in [3.63, 3.8) is 0 Å². The van der Waals surface area contributed by atoms with Gasteiger partial charge in [-0.15, -0.1) is 0 Å². The molecule has 3 aromatic rings. The van der Waals surface area contributed by atoms with Gasteiger partial charge in [-0.2, -0.15) is 0 Å². The monoisotopic (exact) mass is 444 g/mol. The van der Waals surface area contributed by atoms with Crippen molar-refractivity contribution in [2.24, 2.45) is 5.73 Å². The van der Waals surface area contributed by atoms with Crippen LogP contribution in [0.4, 0.5) is 17.3 Å². The van der Waals surface area contributed by atoms with Gasteiger partial charge in [0.2, 0.25) is 5.91 Å².